The molecule has 0 bridgehead atoms. The Morgan fingerprint density at radius 2 is 1.86 bits per heavy atom. The van der Waals surface area contributed by atoms with Crippen LogP contribution in [-0.4, -0.2) is 28.3 Å². The SMILES string of the molecule is COc1ccc(-c2cn3c(CC(=O)Nc4ccc(C(N)=O)cc4)csc3n2)cc1. The van der Waals surface area contributed by atoms with Crippen LogP contribution in [0.5, 0.6) is 5.75 Å². The largest absolute Gasteiger partial charge is 0.497 e. The van der Waals surface area contributed by atoms with E-state index in [4.69, 9.17) is 10.5 Å². The number of fused-ring (bicyclic) bond motifs is 1. The molecule has 7 nitrogen and oxygen atoms in total. The van der Waals surface area contributed by atoms with Crippen LogP contribution < -0.4 is 15.8 Å². The van der Waals surface area contributed by atoms with Crippen LogP contribution in [0.4, 0.5) is 5.69 Å². The number of thiazole rings is 1. The average molecular weight is 406 g/mol. The molecule has 0 radical (unpaired) electrons. The summed E-state index contributed by atoms with van der Waals surface area (Å²) < 4.78 is 7.12. The van der Waals surface area contributed by atoms with Gasteiger partial charge >= 0.3 is 0 Å². The Bertz CT molecular complexity index is 1180. The van der Waals surface area contributed by atoms with Crippen molar-refractivity contribution in [3.63, 3.8) is 0 Å². The van der Waals surface area contributed by atoms with Crippen LogP contribution in [0.1, 0.15) is 16.1 Å². The molecule has 4 rings (SSSR count). The molecule has 2 heterocycles. The van der Waals surface area contributed by atoms with Gasteiger partial charge in [0.2, 0.25) is 11.8 Å². The zero-order valence-electron chi connectivity index (χ0n) is 15.6. The Kier molecular flexibility index (Phi) is 5.01. The summed E-state index contributed by atoms with van der Waals surface area (Å²) in [5.74, 6) is 0.128. The second kappa shape index (κ2) is 7.76. The Morgan fingerprint density at radius 1 is 1.14 bits per heavy atom. The summed E-state index contributed by atoms with van der Waals surface area (Å²) >= 11 is 1.49. The Morgan fingerprint density at radius 3 is 2.52 bits per heavy atom. The molecular weight excluding hydrogens is 388 g/mol. The van der Waals surface area contributed by atoms with E-state index in [2.05, 4.69) is 10.3 Å². The summed E-state index contributed by atoms with van der Waals surface area (Å²) in [5, 5.41) is 4.75. The highest BCUT2D eigenvalue weighted by Crippen LogP contribution is 2.25. The molecule has 2 aromatic heterocycles. The molecule has 29 heavy (non-hydrogen) atoms. The van der Waals surface area contributed by atoms with Crippen molar-refractivity contribution in [1.29, 1.82) is 0 Å². The van der Waals surface area contributed by atoms with Gasteiger partial charge in [-0.3, -0.25) is 14.0 Å². The highest BCUT2D eigenvalue weighted by Gasteiger charge is 2.13. The summed E-state index contributed by atoms with van der Waals surface area (Å²) in [6.45, 7) is 0. The zero-order chi connectivity index (χ0) is 20.4. The maximum atomic E-state index is 12.4. The quantitative estimate of drug-likeness (QED) is 0.513. The Hall–Kier alpha value is -3.65. The van der Waals surface area contributed by atoms with Crippen molar-refractivity contribution in [3.8, 4) is 17.0 Å². The van der Waals surface area contributed by atoms with Gasteiger partial charge in [-0.15, -0.1) is 11.3 Å². The molecule has 0 spiro atoms. The fourth-order valence-electron chi connectivity index (χ4n) is 2.94. The lowest BCUT2D eigenvalue weighted by Crippen LogP contribution is -2.16. The Balaban J connectivity index is 1.49. The van der Waals surface area contributed by atoms with Crippen molar-refractivity contribution in [1.82, 2.24) is 9.38 Å². The predicted molar refractivity (Wildman–Crippen MR) is 112 cm³/mol. The molecule has 4 aromatic rings. The number of carbonyl (C=O) groups is 2. The van der Waals surface area contributed by atoms with Gasteiger partial charge in [0, 0.05) is 34.1 Å². The number of rotatable bonds is 6. The minimum Gasteiger partial charge on any atom is -0.497 e. The van der Waals surface area contributed by atoms with E-state index < -0.39 is 5.91 Å². The summed E-state index contributed by atoms with van der Waals surface area (Å²) in [6, 6.07) is 14.2. The van der Waals surface area contributed by atoms with Crippen LogP contribution in [0.3, 0.4) is 0 Å². The third-order valence-electron chi connectivity index (χ3n) is 4.46. The van der Waals surface area contributed by atoms with Crippen molar-refractivity contribution < 1.29 is 14.3 Å². The van der Waals surface area contributed by atoms with Gasteiger partial charge in [0.15, 0.2) is 4.96 Å². The van der Waals surface area contributed by atoms with E-state index in [9.17, 15) is 9.59 Å². The molecule has 0 saturated heterocycles. The highest BCUT2D eigenvalue weighted by atomic mass is 32.1. The first-order valence-electron chi connectivity index (χ1n) is 8.83. The number of nitrogens with one attached hydrogen (secondary N) is 1. The van der Waals surface area contributed by atoms with E-state index in [1.807, 2.05) is 40.2 Å². The number of imidazole rings is 1. The number of nitrogens with zero attached hydrogens (tertiary/aromatic N) is 2. The van der Waals surface area contributed by atoms with Crippen LogP contribution in [0.25, 0.3) is 16.2 Å². The van der Waals surface area contributed by atoms with Crippen LogP contribution >= 0.6 is 11.3 Å². The topological polar surface area (TPSA) is 98.7 Å². The number of carbonyl (C=O) groups excluding carboxylic acids is 2. The summed E-state index contributed by atoms with van der Waals surface area (Å²) in [7, 11) is 1.63. The molecule has 2 amide bonds. The molecule has 0 aliphatic carbocycles. The van der Waals surface area contributed by atoms with E-state index in [0.717, 1.165) is 27.7 Å². The lowest BCUT2D eigenvalue weighted by molar-refractivity contribution is -0.115. The van der Waals surface area contributed by atoms with Crippen LogP contribution in [-0.2, 0) is 11.2 Å². The summed E-state index contributed by atoms with van der Waals surface area (Å²) in [5.41, 5.74) is 8.89. The van der Waals surface area contributed by atoms with Gasteiger partial charge in [-0.25, -0.2) is 4.98 Å². The second-order valence-electron chi connectivity index (χ2n) is 6.40. The first-order valence-corrected chi connectivity index (χ1v) is 9.71. The van der Waals surface area contributed by atoms with Gasteiger partial charge < -0.3 is 15.8 Å². The van der Waals surface area contributed by atoms with Crippen molar-refractivity contribution in [2.45, 2.75) is 6.42 Å². The minimum atomic E-state index is -0.503. The third-order valence-corrected chi connectivity index (χ3v) is 5.35. The third kappa shape index (κ3) is 3.97. The van der Waals surface area contributed by atoms with Crippen LogP contribution in [0.15, 0.2) is 60.1 Å². The molecule has 2 aromatic carbocycles. The first-order chi connectivity index (χ1) is 14.0. The molecule has 0 atom stereocenters. The second-order valence-corrected chi connectivity index (χ2v) is 7.24. The standard InChI is InChI=1S/C21H18N4O3S/c1-28-17-8-4-13(5-9-17)18-11-25-16(12-29-21(25)24-18)10-19(26)23-15-6-2-14(3-7-15)20(22)27/h2-9,11-12H,10H2,1H3,(H2,22,27)(H,23,26). The van der Waals surface area contributed by atoms with Gasteiger partial charge in [0.25, 0.3) is 0 Å². The maximum absolute atomic E-state index is 12.4. The number of amides is 2. The zero-order valence-corrected chi connectivity index (χ0v) is 16.4. The number of nitrogens with two attached hydrogens (primary N) is 1. The van der Waals surface area contributed by atoms with E-state index >= 15 is 0 Å². The number of aromatic nitrogens is 2. The fourth-order valence-corrected chi connectivity index (χ4v) is 3.82. The molecule has 0 fully saturated rings. The van der Waals surface area contributed by atoms with Gasteiger partial charge in [-0.2, -0.15) is 0 Å². The van der Waals surface area contributed by atoms with E-state index in [0.29, 0.717) is 11.3 Å². The molecule has 0 aliphatic heterocycles. The van der Waals surface area contributed by atoms with Crippen molar-refractivity contribution >= 4 is 33.8 Å². The van der Waals surface area contributed by atoms with Gasteiger partial charge in [0.05, 0.1) is 19.2 Å². The number of hydrogen-bond acceptors (Lipinski definition) is 5. The summed E-state index contributed by atoms with van der Waals surface area (Å²) in [4.78, 5) is 29.0. The highest BCUT2D eigenvalue weighted by molar-refractivity contribution is 7.15. The van der Waals surface area contributed by atoms with Gasteiger partial charge in [-0.1, -0.05) is 0 Å². The lowest BCUT2D eigenvalue weighted by atomic mass is 10.1. The number of primary amides is 1. The molecule has 0 aliphatic rings. The number of hydrogen-bond donors (Lipinski definition) is 2. The maximum Gasteiger partial charge on any atom is 0.248 e. The van der Waals surface area contributed by atoms with Crippen LogP contribution in [0.2, 0.25) is 0 Å². The smallest absolute Gasteiger partial charge is 0.248 e. The van der Waals surface area contributed by atoms with Crippen LogP contribution in [0, 0.1) is 0 Å². The lowest BCUT2D eigenvalue weighted by Gasteiger charge is -2.05. The monoisotopic (exact) mass is 406 g/mol. The average Bonchev–Trinajstić information content (AvgIpc) is 3.30. The molecule has 3 N–H and O–H groups in total. The molecule has 0 unspecified atom stereocenters. The number of anilines is 1. The van der Waals surface area contributed by atoms with Crippen molar-refractivity contribution in [2.75, 3.05) is 12.4 Å². The molecular formula is C21H18N4O3S. The minimum absolute atomic E-state index is 0.156. The predicted octanol–water partition coefficient (Wildman–Crippen LogP) is 3.35. The van der Waals surface area contributed by atoms with Gasteiger partial charge in [0.1, 0.15) is 5.75 Å². The molecule has 146 valence electrons. The summed E-state index contributed by atoms with van der Waals surface area (Å²) in [6.07, 6.45) is 2.13. The number of methoxy groups -OCH3 is 1. The van der Waals surface area contributed by atoms with Gasteiger partial charge in [-0.05, 0) is 48.5 Å². The molecule has 8 heteroatoms. The van der Waals surface area contributed by atoms with E-state index in [1.165, 1.54) is 11.3 Å². The van der Waals surface area contributed by atoms with E-state index in [-0.39, 0.29) is 12.3 Å². The van der Waals surface area contributed by atoms with Crippen molar-refractivity contribution in [2.24, 2.45) is 5.73 Å². The first kappa shape index (κ1) is 18.7. The number of benzene rings is 2. The normalized spacial score (nSPS) is 10.8. The fraction of sp³-hybridized carbons (Fsp3) is 0.0952. The number of ether oxygens (including phenoxy) is 1. The molecule has 0 saturated carbocycles. The van der Waals surface area contributed by atoms with Crippen molar-refractivity contribution in [3.05, 3.63) is 71.4 Å². The Labute approximate surface area is 170 Å². The van der Waals surface area contributed by atoms with E-state index in [1.54, 1.807) is 31.4 Å².